The highest BCUT2D eigenvalue weighted by Gasteiger charge is 2.00. The molecule has 22 heavy (non-hydrogen) atoms. The van der Waals surface area contributed by atoms with Crippen molar-refractivity contribution in [3.05, 3.63) is 58.6 Å². The van der Waals surface area contributed by atoms with Crippen LogP contribution in [0.2, 0.25) is 0 Å². The summed E-state index contributed by atoms with van der Waals surface area (Å²) in [4.78, 5) is 0. The van der Waals surface area contributed by atoms with Crippen molar-refractivity contribution in [1.82, 2.24) is 5.43 Å². The number of halogens is 1. The minimum Gasteiger partial charge on any atom is -0.497 e. The monoisotopic (exact) mass is 377 g/mol. The van der Waals surface area contributed by atoms with E-state index in [-0.39, 0.29) is 0 Å². The van der Waals surface area contributed by atoms with E-state index in [4.69, 9.17) is 17.0 Å². The molecule has 2 aromatic carbocycles. The topological polar surface area (TPSA) is 45.6 Å². The average Bonchev–Trinajstić information content (AvgIpc) is 2.53. The molecule has 0 amide bonds. The number of nitrogens with one attached hydrogen (secondary N) is 2. The molecule has 0 bridgehead atoms. The summed E-state index contributed by atoms with van der Waals surface area (Å²) in [7, 11) is 1.63. The van der Waals surface area contributed by atoms with Gasteiger partial charge in [0.25, 0.3) is 0 Å². The van der Waals surface area contributed by atoms with Gasteiger partial charge in [-0.05, 0) is 49.0 Å². The van der Waals surface area contributed by atoms with Crippen molar-refractivity contribution in [3.8, 4) is 5.75 Å². The highest BCUT2D eigenvalue weighted by atomic mass is 79.9. The minimum absolute atomic E-state index is 0.421. The van der Waals surface area contributed by atoms with Crippen LogP contribution in [0.3, 0.4) is 0 Å². The fourth-order valence-corrected chi connectivity index (χ4v) is 2.18. The Hall–Kier alpha value is -1.92. The van der Waals surface area contributed by atoms with E-state index in [9.17, 15) is 0 Å². The number of hydrogen-bond acceptors (Lipinski definition) is 3. The predicted molar refractivity (Wildman–Crippen MR) is 98.7 cm³/mol. The lowest BCUT2D eigenvalue weighted by Crippen LogP contribution is -2.24. The van der Waals surface area contributed by atoms with Crippen LogP contribution in [0.15, 0.2) is 58.1 Å². The molecule has 0 saturated heterocycles. The standard InChI is InChI=1S/C16H16BrN3OS/c1-11(12-6-8-13(17)9-7-12)19-20-16(22)18-14-4-3-5-15(10-14)21-2/h3-10H,1-2H3,(H2,18,20,22)/b19-11-. The summed E-state index contributed by atoms with van der Waals surface area (Å²) in [5.74, 6) is 0.766. The van der Waals surface area contributed by atoms with Gasteiger partial charge in [-0.1, -0.05) is 34.1 Å². The van der Waals surface area contributed by atoms with Crippen LogP contribution < -0.4 is 15.5 Å². The number of thiocarbonyl (C=S) groups is 1. The molecule has 0 aliphatic carbocycles. The number of rotatable bonds is 4. The lowest BCUT2D eigenvalue weighted by Gasteiger charge is -2.09. The van der Waals surface area contributed by atoms with E-state index in [2.05, 4.69) is 31.8 Å². The number of benzene rings is 2. The molecule has 0 fully saturated rings. The van der Waals surface area contributed by atoms with Gasteiger partial charge in [-0.3, -0.25) is 5.43 Å². The van der Waals surface area contributed by atoms with Crippen LogP contribution in [0.25, 0.3) is 0 Å². The quantitative estimate of drug-likeness (QED) is 0.476. The molecule has 0 spiro atoms. The Bertz CT molecular complexity index is 686. The first-order valence-electron chi connectivity index (χ1n) is 6.60. The van der Waals surface area contributed by atoms with Crippen molar-refractivity contribution in [2.75, 3.05) is 12.4 Å². The van der Waals surface area contributed by atoms with Crippen molar-refractivity contribution >= 4 is 44.7 Å². The first-order valence-corrected chi connectivity index (χ1v) is 7.80. The van der Waals surface area contributed by atoms with Gasteiger partial charge in [-0.25, -0.2) is 0 Å². The summed E-state index contributed by atoms with van der Waals surface area (Å²) in [5.41, 5.74) is 5.56. The van der Waals surface area contributed by atoms with E-state index in [1.165, 1.54) is 0 Å². The van der Waals surface area contributed by atoms with Crippen LogP contribution >= 0.6 is 28.1 Å². The molecular formula is C16H16BrN3OS. The molecular weight excluding hydrogens is 362 g/mol. The van der Waals surface area contributed by atoms with Gasteiger partial charge < -0.3 is 10.1 Å². The maximum Gasteiger partial charge on any atom is 0.191 e. The first-order chi connectivity index (χ1) is 10.6. The maximum absolute atomic E-state index is 5.23. The van der Waals surface area contributed by atoms with Crippen LogP contribution in [0.4, 0.5) is 5.69 Å². The minimum atomic E-state index is 0.421. The molecule has 0 saturated carbocycles. The smallest absolute Gasteiger partial charge is 0.191 e. The summed E-state index contributed by atoms with van der Waals surface area (Å²) in [5, 5.41) is 7.76. The van der Waals surface area contributed by atoms with Crippen molar-refractivity contribution < 1.29 is 4.74 Å². The molecule has 0 aliphatic heterocycles. The maximum atomic E-state index is 5.23. The lowest BCUT2D eigenvalue weighted by molar-refractivity contribution is 0.415. The molecule has 0 aromatic heterocycles. The summed E-state index contributed by atoms with van der Waals surface area (Å²) in [6.07, 6.45) is 0. The molecule has 0 heterocycles. The van der Waals surface area contributed by atoms with Gasteiger partial charge in [-0.2, -0.15) is 5.10 Å². The molecule has 0 aliphatic rings. The van der Waals surface area contributed by atoms with Crippen LogP contribution in [0.1, 0.15) is 12.5 Å². The van der Waals surface area contributed by atoms with Crippen molar-refractivity contribution in [3.63, 3.8) is 0 Å². The van der Waals surface area contributed by atoms with E-state index in [0.29, 0.717) is 5.11 Å². The largest absolute Gasteiger partial charge is 0.497 e. The average molecular weight is 378 g/mol. The Labute approximate surface area is 143 Å². The van der Waals surface area contributed by atoms with Gasteiger partial charge in [0, 0.05) is 16.2 Å². The first kappa shape index (κ1) is 16.5. The SMILES string of the molecule is COc1cccc(NC(=S)N/N=C(/C)c2ccc(Br)cc2)c1. The summed E-state index contributed by atoms with van der Waals surface area (Å²) in [6.45, 7) is 1.92. The van der Waals surface area contributed by atoms with Crippen molar-refractivity contribution in [2.45, 2.75) is 6.92 Å². The zero-order valence-electron chi connectivity index (χ0n) is 12.3. The molecule has 114 valence electrons. The third-order valence-electron chi connectivity index (χ3n) is 2.91. The normalized spacial score (nSPS) is 11.0. The lowest BCUT2D eigenvalue weighted by atomic mass is 10.1. The van der Waals surface area contributed by atoms with Gasteiger partial charge in [0.1, 0.15) is 5.75 Å². The Balaban J connectivity index is 1.96. The number of ether oxygens (including phenoxy) is 1. The van der Waals surface area contributed by atoms with E-state index < -0.39 is 0 Å². The molecule has 6 heteroatoms. The number of anilines is 1. The Morgan fingerprint density at radius 2 is 1.91 bits per heavy atom. The molecule has 2 rings (SSSR count). The van der Waals surface area contributed by atoms with Gasteiger partial charge in [0.2, 0.25) is 0 Å². The highest BCUT2D eigenvalue weighted by molar-refractivity contribution is 9.10. The van der Waals surface area contributed by atoms with E-state index in [0.717, 1.165) is 27.2 Å². The Morgan fingerprint density at radius 1 is 1.18 bits per heavy atom. The molecule has 2 N–H and O–H groups in total. The van der Waals surface area contributed by atoms with Gasteiger partial charge >= 0.3 is 0 Å². The van der Waals surface area contributed by atoms with Crippen molar-refractivity contribution in [2.24, 2.45) is 5.10 Å². The van der Waals surface area contributed by atoms with E-state index in [1.54, 1.807) is 7.11 Å². The summed E-state index contributed by atoms with van der Waals surface area (Å²) < 4.78 is 6.20. The zero-order chi connectivity index (χ0) is 15.9. The van der Waals surface area contributed by atoms with Crippen LogP contribution in [0, 0.1) is 0 Å². The fourth-order valence-electron chi connectivity index (χ4n) is 1.75. The van der Waals surface area contributed by atoms with Crippen LogP contribution in [-0.4, -0.2) is 17.9 Å². The molecule has 0 radical (unpaired) electrons. The highest BCUT2D eigenvalue weighted by Crippen LogP contribution is 2.16. The molecule has 2 aromatic rings. The number of hydrazone groups is 1. The zero-order valence-corrected chi connectivity index (χ0v) is 14.7. The van der Waals surface area contributed by atoms with Gasteiger partial charge in [0.15, 0.2) is 5.11 Å². The second-order valence-electron chi connectivity index (χ2n) is 4.50. The Morgan fingerprint density at radius 3 is 2.59 bits per heavy atom. The van der Waals surface area contributed by atoms with Gasteiger partial charge in [-0.15, -0.1) is 0 Å². The molecule has 0 unspecified atom stereocenters. The number of hydrogen-bond donors (Lipinski definition) is 2. The van der Waals surface area contributed by atoms with Crippen LogP contribution in [0.5, 0.6) is 5.75 Å². The number of methoxy groups -OCH3 is 1. The molecule has 0 atom stereocenters. The second kappa shape index (κ2) is 7.91. The van der Waals surface area contributed by atoms with Gasteiger partial charge in [0.05, 0.1) is 12.8 Å². The van der Waals surface area contributed by atoms with Crippen LogP contribution in [-0.2, 0) is 0 Å². The number of nitrogens with zero attached hydrogens (tertiary/aromatic N) is 1. The third kappa shape index (κ3) is 4.82. The van der Waals surface area contributed by atoms with E-state index in [1.807, 2.05) is 55.5 Å². The Kier molecular flexibility index (Phi) is 5.91. The third-order valence-corrected chi connectivity index (χ3v) is 3.64. The van der Waals surface area contributed by atoms with E-state index >= 15 is 0 Å². The second-order valence-corrected chi connectivity index (χ2v) is 5.83. The summed E-state index contributed by atoms with van der Waals surface area (Å²) >= 11 is 8.64. The molecule has 4 nitrogen and oxygen atoms in total. The predicted octanol–water partition coefficient (Wildman–Crippen LogP) is 4.17. The summed E-state index contributed by atoms with van der Waals surface area (Å²) in [6, 6.07) is 15.5. The van der Waals surface area contributed by atoms with Crippen molar-refractivity contribution in [1.29, 1.82) is 0 Å². The fraction of sp³-hybridized carbons (Fsp3) is 0.125.